The predicted molar refractivity (Wildman–Crippen MR) is 97.8 cm³/mol. The van der Waals surface area contributed by atoms with Crippen molar-refractivity contribution in [2.45, 2.75) is 25.7 Å². The van der Waals surface area contributed by atoms with Gasteiger partial charge in [0.15, 0.2) is 0 Å². The molecule has 1 saturated heterocycles. The van der Waals surface area contributed by atoms with Crippen LogP contribution in [0.4, 0.5) is 5.69 Å². The van der Waals surface area contributed by atoms with Crippen LogP contribution in [0.3, 0.4) is 0 Å². The van der Waals surface area contributed by atoms with Gasteiger partial charge in [-0.1, -0.05) is 56.3 Å². The van der Waals surface area contributed by atoms with Crippen molar-refractivity contribution in [1.82, 2.24) is 5.48 Å². The Balaban J connectivity index is 1.54. The van der Waals surface area contributed by atoms with Gasteiger partial charge in [-0.3, -0.25) is 10.0 Å². The highest BCUT2D eigenvalue weighted by Crippen LogP contribution is 2.60. The second-order valence-corrected chi connectivity index (χ2v) is 8.08. The molecule has 4 nitrogen and oxygen atoms in total. The molecule has 3 atom stereocenters. The Morgan fingerprint density at radius 1 is 1.00 bits per heavy atom. The van der Waals surface area contributed by atoms with Crippen LogP contribution in [0.25, 0.3) is 0 Å². The van der Waals surface area contributed by atoms with Gasteiger partial charge in [0.2, 0.25) is 5.91 Å². The summed E-state index contributed by atoms with van der Waals surface area (Å²) in [5, 5.41) is 9.07. The van der Waals surface area contributed by atoms with Crippen molar-refractivity contribution in [2.75, 3.05) is 18.0 Å². The van der Waals surface area contributed by atoms with Gasteiger partial charge in [0.05, 0.1) is 5.92 Å². The fraction of sp³-hybridized carbons (Fsp3) is 0.381. The second kappa shape index (κ2) is 5.88. The molecule has 2 aromatic carbocycles. The summed E-state index contributed by atoms with van der Waals surface area (Å²) < 4.78 is 0. The molecular formula is C21H24N2O2. The SMILES string of the molecule is CC1(C)CN(c2ccc([C@H]3[C@H](C(=O)NO)[C@@H]3c3ccccc3)cc2)C1. The third-order valence-electron chi connectivity index (χ3n) is 5.50. The lowest BCUT2D eigenvalue weighted by Gasteiger charge is -2.47. The Kier molecular flexibility index (Phi) is 3.80. The first-order chi connectivity index (χ1) is 12.0. The molecule has 25 heavy (non-hydrogen) atoms. The van der Waals surface area contributed by atoms with Gasteiger partial charge in [-0.2, -0.15) is 0 Å². The number of hydroxylamine groups is 1. The lowest BCUT2D eigenvalue weighted by atomic mass is 9.84. The number of carbonyl (C=O) groups excluding carboxylic acids is 1. The summed E-state index contributed by atoms with van der Waals surface area (Å²) in [6.07, 6.45) is 0. The zero-order chi connectivity index (χ0) is 17.6. The zero-order valence-corrected chi connectivity index (χ0v) is 14.6. The van der Waals surface area contributed by atoms with Crippen molar-refractivity contribution >= 4 is 11.6 Å². The minimum atomic E-state index is -0.299. The normalized spacial score (nSPS) is 26.7. The third-order valence-corrected chi connectivity index (χ3v) is 5.50. The lowest BCUT2D eigenvalue weighted by molar-refractivity contribution is -0.130. The van der Waals surface area contributed by atoms with E-state index >= 15 is 0 Å². The molecule has 1 aliphatic carbocycles. The van der Waals surface area contributed by atoms with Gasteiger partial charge in [-0.05, 0) is 28.7 Å². The average Bonchev–Trinajstić information content (AvgIpc) is 3.35. The molecule has 0 spiro atoms. The molecule has 1 amide bonds. The standard InChI is InChI=1S/C21H24N2O2/c1-21(2)12-23(13-21)16-10-8-15(9-11-16)18-17(19(18)20(24)22-25)14-6-4-3-5-7-14/h3-11,17-19,25H,12-13H2,1-2H3,(H,22,24)/t17-,18-,19-/m1/s1. The molecular weight excluding hydrogens is 312 g/mol. The molecule has 2 aromatic rings. The van der Waals surface area contributed by atoms with E-state index in [0.717, 1.165) is 24.2 Å². The first kappa shape index (κ1) is 16.2. The van der Waals surface area contributed by atoms with Crippen LogP contribution in [0, 0.1) is 11.3 Å². The summed E-state index contributed by atoms with van der Waals surface area (Å²) in [7, 11) is 0. The number of hydrogen-bond acceptors (Lipinski definition) is 3. The number of hydrogen-bond donors (Lipinski definition) is 2. The Hall–Kier alpha value is -2.33. The number of benzene rings is 2. The van der Waals surface area contributed by atoms with E-state index in [2.05, 4.69) is 55.1 Å². The Bertz CT molecular complexity index is 762. The maximum atomic E-state index is 12.1. The van der Waals surface area contributed by atoms with Crippen molar-refractivity contribution in [1.29, 1.82) is 0 Å². The highest BCUT2D eigenvalue weighted by Gasteiger charge is 2.56. The molecule has 1 aliphatic heterocycles. The Labute approximate surface area is 148 Å². The maximum absolute atomic E-state index is 12.1. The summed E-state index contributed by atoms with van der Waals surface area (Å²) in [5.41, 5.74) is 5.78. The van der Waals surface area contributed by atoms with Gasteiger partial charge >= 0.3 is 0 Å². The van der Waals surface area contributed by atoms with Gasteiger partial charge in [0.1, 0.15) is 0 Å². The Morgan fingerprint density at radius 2 is 1.56 bits per heavy atom. The van der Waals surface area contributed by atoms with E-state index in [4.69, 9.17) is 5.21 Å². The van der Waals surface area contributed by atoms with Crippen molar-refractivity contribution in [3.8, 4) is 0 Å². The molecule has 0 aromatic heterocycles. The fourth-order valence-corrected chi connectivity index (χ4v) is 4.29. The van der Waals surface area contributed by atoms with E-state index in [-0.39, 0.29) is 23.7 Å². The molecule has 1 heterocycles. The van der Waals surface area contributed by atoms with Crippen molar-refractivity contribution < 1.29 is 10.0 Å². The quantitative estimate of drug-likeness (QED) is 0.663. The Morgan fingerprint density at radius 3 is 2.08 bits per heavy atom. The van der Waals surface area contributed by atoms with E-state index in [9.17, 15) is 4.79 Å². The predicted octanol–water partition coefficient (Wildman–Crippen LogP) is 3.54. The molecule has 2 aliphatic rings. The third kappa shape index (κ3) is 2.91. The smallest absolute Gasteiger partial charge is 0.247 e. The number of anilines is 1. The number of carbonyl (C=O) groups is 1. The monoisotopic (exact) mass is 336 g/mol. The molecule has 0 unspecified atom stereocenters. The lowest BCUT2D eigenvalue weighted by Crippen LogP contribution is -2.53. The van der Waals surface area contributed by atoms with Crippen molar-refractivity contribution in [2.24, 2.45) is 11.3 Å². The van der Waals surface area contributed by atoms with Gasteiger partial charge < -0.3 is 4.90 Å². The highest BCUT2D eigenvalue weighted by atomic mass is 16.5. The molecule has 130 valence electrons. The number of nitrogens with one attached hydrogen (secondary N) is 1. The van der Waals surface area contributed by atoms with Gasteiger partial charge in [-0.25, -0.2) is 5.48 Å². The second-order valence-electron chi connectivity index (χ2n) is 8.08. The van der Waals surface area contributed by atoms with Crippen molar-refractivity contribution in [3.05, 3.63) is 65.7 Å². The van der Waals surface area contributed by atoms with Gasteiger partial charge in [0, 0.05) is 30.6 Å². The summed E-state index contributed by atoms with van der Waals surface area (Å²) in [5.74, 6) is -0.257. The van der Waals surface area contributed by atoms with Crippen molar-refractivity contribution in [3.63, 3.8) is 0 Å². The zero-order valence-electron chi connectivity index (χ0n) is 14.6. The fourth-order valence-electron chi connectivity index (χ4n) is 4.29. The van der Waals surface area contributed by atoms with Crippen LogP contribution in [-0.4, -0.2) is 24.2 Å². The van der Waals surface area contributed by atoms with E-state index in [1.165, 1.54) is 5.69 Å². The first-order valence-electron chi connectivity index (χ1n) is 8.84. The molecule has 4 heteroatoms. The molecule has 4 rings (SSSR count). The minimum absolute atomic E-state index is 0.122. The first-order valence-corrected chi connectivity index (χ1v) is 8.84. The van der Waals surface area contributed by atoms with Crippen LogP contribution in [0.5, 0.6) is 0 Å². The van der Waals surface area contributed by atoms with Crippen LogP contribution in [0.1, 0.15) is 36.8 Å². The number of rotatable bonds is 4. The van der Waals surface area contributed by atoms with Crippen LogP contribution in [0.2, 0.25) is 0 Å². The van der Waals surface area contributed by atoms with Gasteiger partial charge in [0.25, 0.3) is 0 Å². The number of nitrogens with zero attached hydrogens (tertiary/aromatic N) is 1. The van der Waals surface area contributed by atoms with E-state index in [1.807, 2.05) is 23.7 Å². The van der Waals surface area contributed by atoms with Crippen LogP contribution in [0.15, 0.2) is 54.6 Å². The summed E-state index contributed by atoms with van der Waals surface area (Å²) in [6.45, 7) is 6.73. The van der Waals surface area contributed by atoms with Crippen LogP contribution < -0.4 is 10.4 Å². The highest BCUT2D eigenvalue weighted by molar-refractivity contribution is 5.84. The summed E-state index contributed by atoms with van der Waals surface area (Å²) >= 11 is 0. The topological polar surface area (TPSA) is 52.6 Å². The molecule has 0 radical (unpaired) electrons. The molecule has 0 bridgehead atoms. The van der Waals surface area contributed by atoms with E-state index in [1.54, 1.807) is 0 Å². The van der Waals surface area contributed by atoms with Crippen LogP contribution >= 0.6 is 0 Å². The van der Waals surface area contributed by atoms with E-state index in [0.29, 0.717) is 5.41 Å². The largest absolute Gasteiger partial charge is 0.370 e. The van der Waals surface area contributed by atoms with Gasteiger partial charge in [-0.15, -0.1) is 0 Å². The molecule has 2 fully saturated rings. The maximum Gasteiger partial charge on any atom is 0.247 e. The average molecular weight is 336 g/mol. The molecule has 1 saturated carbocycles. The minimum Gasteiger partial charge on any atom is -0.370 e. The number of amides is 1. The van der Waals surface area contributed by atoms with E-state index < -0.39 is 0 Å². The summed E-state index contributed by atoms with van der Waals surface area (Å²) in [4.78, 5) is 14.5. The molecule has 2 N–H and O–H groups in total. The summed E-state index contributed by atoms with van der Waals surface area (Å²) in [6, 6.07) is 18.6. The van der Waals surface area contributed by atoms with Crippen LogP contribution in [-0.2, 0) is 4.79 Å².